The van der Waals surface area contributed by atoms with Crippen LogP contribution in [0.15, 0.2) is 6.33 Å². The second-order valence-electron chi connectivity index (χ2n) is 9.75. The molecular weight excluding hydrogens is 338 g/mol. The van der Waals surface area contributed by atoms with Crippen molar-refractivity contribution in [1.82, 2.24) is 24.7 Å². The minimum Gasteiger partial charge on any atom is -0.379 e. The smallest absolute Gasteiger partial charge is 0.0925 e. The van der Waals surface area contributed by atoms with Gasteiger partial charge in [0, 0.05) is 64.1 Å². The molecule has 1 N–H and O–H groups in total. The van der Waals surface area contributed by atoms with Gasteiger partial charge in [-0.15, -0.1) is 0 Å². The zero-order chi connectivity index (χ0) is 18.9. The Bertz CT molecular complexity index is 609. The van der Waals surface area contributed by atoms with Crippen LogP contribution in [0.25, 0.3) is 0 Å². The number of hydrogen-bond acceptors (Lipinski definition) is 5. The number of piperidine rings is 1. The molecule has 2 bridgehead atoms. The van der Waals surface area contributed by atoms with Crippen molar-refractivity contribution in [3.63, 3.8) is 0 Å². The topological polar surface area (TPSA) is 47.6 Å². The Balaban J connectivity index is 1.36. The van der Waals surface area contributed by atoms with Gasteiger partial charge < -0.3 is 9.72 Å². The normalized spacial score (nSPS) is 28.6. The highest BCUT2D eigenvalue weighted by Gasteiger charge is 2.37. The van der Waals surface area contributed by atoms with Crippen molar-refractivity contribution in [3.05, 3.63) is 17.7 Å². The number of imidazole rings is 1. The third-order valence-electron chi connectivity index (χ3n) is 6.60. The molecule has 5 heterocycles. The summed E-state index contributed by atoms with van der Waals surface area (Å²) in [6.45, 7) is 18.1. The number of aromatic nitrogens is 2. The molecule has 5 rings (SSSR count). The van der Waals surface area contributed by atoms with E-state index in [1.165, 1.54) is 57.0 Å². The van der Waals surface area contributed by atoms with Gasteiger partial charge >= 0.3 is 0 Å². The summed E-state index contributed by atoms with van der Waals surface area (Å²) in [7, 11) is 0. The fourth-order valence-electron chi connectivity index (χ4n) is 5.32. The van der Waals surface area contributed by atoms with Gasteiger partial charge in [0.15, 0.2) is 0 Å². The third kappa shape index (κ3) is 4.91. The fraction of sp³-hybridized carbons (Fsp3) is 0.857. The first kappa shape index (κ1) is 19.4. The fourth-order valence-corrected chi connectivity index (χ4v) is 5.32. The largest absolute Gasteiger partial charge is 0.379 e. The van der Waals surface area contributed by atoms with E-state index < -0.39 is 0 Å². The zero-order valence-electron chi connectivity index (χ0n) is 17.4. The molecule has 0 saturated carbocycles. The molecule has 0 amide bonds. The molecule has 27 heavy (non-hydrogen) atoms. The van der Waals surface area contributed by atoms with E-state index in [1.54, 1.807) is 0 Å². The van der Waals surface area contributed by atoms with Crippen molar-refractivity contribution in [2.45, 2.75) is 46.2 Å². The molecule has 0 radical (unpaired) electrons. The molecule has 0 aliphatic carbocycles. The van der Waals surface area contributed by atoms with Crippen LogP contribution >= 0.6 is 0 Å². The van der Waals surface area contributed by atoms with E-state index in [4.69, 9.17) is 4.74 Å². The lowest BCUT2D eigenvalue weighted by Gasteiger charge is -2.43. The van der Waals surface area contributed by atoms with Crippen molar-refractivity contribution in [2.24, 2.45) is 11.3 Å². The highest BCUT2D eigenvalue weighted by Crippen LogP contribution is 2.32. The van der Waals surface area contributed by atoms with Gasteiger partial charge in [-0.05, 0) is 31.1 Å². The molecule has 2 atom stereocenters. The van der Waals surface area contributed by atoms with Gasteiger partial charge in [0.1, 0.15) is 0 Å². The predicted octanol–water partition coefficient (Wildman–Crippen LogP) is 1.97. The Morgan fingerprint density at radius 1 is 1.11 bits per heavy atom. The summed E-state index contributed by atoms with van der Waals surface area (Å²) in [5, 5.41) is 0. The van der Waals surface area contributed by atoms with Crippen molar-refractivity contribution < 1.29 is 4.74 Å². The average molecular weight is 376 g/mol. The van der Waals surface area contributed by atoms with Crippen LogP contribution in [0.5, 0.6) is 0 Å². The lowest BCUT2D eigenvalue weighted by atomic mass is 9.88. The summed E-state index contributed by atoms with van der Waals surface area (Å²) in [5.41, 5.74) is 2.76. The van der Waals surface area contributed by atoms with Crippen molar-refractivity contribution in [3.8, 4) is 0 Å². The minimum absolute atomic E-state index is 0.325. The van der Waals surface area contributed by atoms with E-state index in [-0.39, 0.29) is 0 Å². The number of aryl methyl sites for hydroxylation is 1. The van der Waals surface area contributed by atoms with Crippen LogP contribution < -0.4 is 0 Å². The van der Waals surface area contributed by atoms with Gasteiger partial charge in [-0.1, -0.05) is 13.8 Å². The molecule has 4 aliphatic rings. The van der Waals surface area contributed by atoms with Gasteiger partial charge in [-0.2, -0.15) is 0 Å². The van der Waals surface area contributed by atoms with Gasteiger partial charge in [0.05, 0.1) is 25.2 Å². The van der Waals surface area contributed by atoms with E-state index in [0.29, 0.717) is 11.5 Å². The van der Waals surface area contributed by atoms with E-state index in [1.807, 2.05) is 6.33 Å². The third-order valence-corrected chi connectivity index (χ3v) is 6.60. The molecule has 0 unspecified atom stereocenters. The summed E-state index contributed by atoms with van der Waals surface area (Å²) < 4.78 is 5.52. The number of aromatic amines is 1. The number of ether oxygens (including phenoxy) is 1. The first-order chi connectivity index (χ1) is 13.0. The van der Waals surface area contributed by atoms with Gasteiger partial charge in [-0.3, -0.25) is 14.7 Å². The SMILES string of the molecule is Cc1[nH]cnc1CN1C[C@@H]2CC[C@H](C1)N(CC(C)(C)CN1CCOCC1)C2. The molecular formula is C21H37N5O. The molecule has 1 aromatic rings. The standard InChI is InChI=1S/C21H37N5O/c1-17-20(23-16-22-17)13-25-10-18-4-5-19(12-25)26(11-18)15-21(2,3)14-24-6-8-27-9-7-24/h16,18-19H,4-15H2,1-3H3,(H,22,23)/t18-,19+/m0/s1. The van der Waals surface area contributed by atoms with Gasteiger partial charge in [0.2, 0.25) is 0 Å². The van der Waals surface area contributed by atoms with Crippen LogP contribution in [0.4, 0.5) is 0 Å². The lowest BCUT2D eigenvalue weighted by Crippen LogP contribution is -2.51. The Morgan fingerprint density at radius 3 is 2.67 bits per heavy atom. The number of H-pyrrole nitrogens is 1. The summed E-state index contributed by atoms with van der Waals surface area (Å²) in [4.78, 5) is 15.8. The van der Waals surface area contributed by atoms with E-state index in [0.717, 1.165) is 38.8 Å². The first-order valence-corrected chi connectivity index (χ1v) is 10.7. The van der Waals surface area contributed by atoms with E-state index in [2.05, 4.69) is 45.4 Å². The molecule has 4 saturated heterocycles. The highest BCUT2D eigenvalue weighted by atomic mass is 16.5. The molecule has 6 heteroatoms. The molecule has 6 nitrogen and oxygen atoms in total. The zero-order valence-corrected chi connectivity index (χ0v) is 17.4. The summed E-state index contributed by atoms with van der Waals surface area (Å²) >= 11 is 0. The van der Waals surface area contributed by atoms with Crippen LogP contribution in [0.2, 0.25) is 0 Å². The number of hydrogen-bond donors (Lipinski definition) is 1. The second kappa shape index (κ2) is 8.19. The van der Waals surface area contributed by atoms with Crippen LogP contribution in [-0.4, -0.2) is 89.7 Å². The Labute approximate surface area is 164 Å². The predicted molar refractivity (Wildman–Crippen MR) is 108 cm³/mol. The van der Waals surface area contributed by atoms with E-state index >= 15 is 0 Å². The quantitative estimate of drug-likeness (QED) is 0.824. The van der Waals surface area contributed by atoms with Gasteiger partial charge in [0.25, 0.3) is 0 Å². The number of morpholine rings is 1. The van der Waals surface area contributed by atoms with Crippen molar-refractivity contribution in [1.29, 1.82) is 0 Å². The minimum atomic E-state index is 0.325. The highest BCUT2D eigenvalue weighted by molar-refractivity contribution is 5.09. The Hall–Kier alpha value is -0.950. The molecule has 152 valence electrons. The van der Waals surface area contributed by atoms with Crippen LogP contribution in [-0.2, 0) is 11.3 Å². The van der Waals surface area contributed by atoms with Gasteiger partial charge in [-0.25, -0.2) is 4.98 Å². The Morgan fingerprint density at radius 2 is 1.93 bits per heavy atom. The molecule has 0 spiro atoms. The Kier molecular flexibility index (Phi) is 5.88. The second-order valence-corrected chi connectivity index (χ2v) is 9.75. The number of nitrogens with zero attached hydrogens (tertiary/aromatic N) is 4. The first-order valence-electron chi connectivity index (χ1n) is 10.7. The summed E-state index contributed by atoms with van der Waals surface area (Å²) in [6, 6.07) is 0.701. The van der Waals surface area contributed by atoms with Crippen LogP contribution in [0.1, 0.15) is 38.1 Å². The molecule has 1 aromatic heterocycles. The average Bonchev–Trinajstić information content (AvgIpc) is 2.84. The molecule has 4 aliphatic heterocycles. The molecule has 4 fully saturated rings. The molecule has 0 aromatic carbocycles. The number of rotatable bonds is 6. The van der Waals surface area contributed by atoms with E-state index in [9.17, 15) is 0 Å². The van der Waals surface area contributed by atoms with Crippen LogP contribution in [0.3, 0.4) is 0 Å². The van der Waals surface area contributed by atoms with Crippen LogP contribution in [0, 0.1) is 18.3 Å². The number of fused-ring (bicyclic) bond motifs is 4. The monoisotopic (exact) mass is 375 g/mol. The number of nitrogens with one attached hydrogen (secondary N) is 1. The maximum Gasteiger partial charge on any atom is 0.0925 e. The van der Waals surface area contributed by atoms with Crippen molar-refractivity contribution in [2.75, 3.05) is 59.0 Å². The summed E-state index contributed by atoms with van der Waals surface area (Å²) in [6.07, 6.45) is 4.58. The maximum atomic E-state index is 5.52. The summed E-state index contributed by atoms with van der Waals surface area (Å²) in [5.74, 6) is 0.808. The lowest BCUT2D eigenvalue weighted by molar-refractivity contribution is 0.00731. The maximum absolute atomic E-state index is 5.52. The van der Waals surface area contributed by atoms with Crippen molar-refractivity contribution >= 4 is 0 Å².